The lowest BCUT2D eigenvalue weighted by Gasteiger charge is -2.33. The van der Waals surface area contributed by atoms with E-state index < -0.39 is 5.91 Å². The standard InChI is InChI=1S/C22H25ClN4O/c1-13-8-9-19(22(13,2)3)26-20-16(21(24)28)11-25-27-12-14(10-18(20)27)15-6-4-5-7-17(15)23/h4-7,10-13,19,26H,8-9H2,1-3H3,(H2,24,28)/t13?,19-/m1/s1. The largest absolute Gasteiger partial charge is 0.379 e. The molecule has 0 spiro atoms. The van der Waals surface area contributed by atoms with Crippen LogP contribution in [0.5, 0.6) is 0 Å². The second kappa shape index (κ2) is 6.82. The summed E-state index contributed by atoms with van der Waals surface area (Å²) in [6.45, 7) is 6.83. The summed E-state index contributed by atoms with van der Waals surface area (Å²) < 4.78 is 1.78. The summed E-state index contributed by atoms with van der Waals surface area (Å²) in [4.78, 5) is 12.1. The smallest absolute Gasteiger partial charge is 0.252 e. The zero-order valence-electron chi connectivity index (χ0n) is 16.4. The number of fused-ring (bicyclic) bond motifs is 1. The molecule has 1 amide bonds. The van der Waals surface area contributed by atoms with Gasteiger partial charge in [0.05, 0.1) is 23.0 Å². The van der Waals surface area contributed by atoms with Gasteiger partial charge < -0.3 is 11.1 Å². The molecule has 2 aromatic heterocycles. The molecule has 0 aliphatic heterocycles. The van der Waals surface area contributed by atoms with Gasteiger partial charge in [0.15, 0.2) is 0 Å². The molecule has 1 aliphatic rings. The minimum Gasteiger partial charge on any atom is -0.379 e. The molecule has 4 rings (SSSR count). The van der Waals surface area contributed by atoms with Gasteiger partial charge in [0.25, 0.3) is 5.91 Å². The maximum atomic E-state index is 12.1. The normalized spacial score (nSPS) is 21.1. The molecule has 3 N–H and O–H groups in total. The zero-order chi connectivity index (χ0) is 20.1. The van der Waals surface area contributed by atoms with Gasteiger partial charge in [-0.3, -0.25) is 4.79 Å². The van der Waals surface area contributed by atoms with Gasteiger partial charge in [-0.1, -0.05) is 50.6 Å². The Kier molecular flexibility index (Phi) is 4.58. The van der Waals surface area contributed by atoms with Crippen LogP contribution in [-0.4, -0.2) is 21.6 Å². The highest BCUT2D eigenvalue weighted by molar-refractivity contribution is 6.33. The van der Waals surface area contributed by atoms with E-state index in [0.717, 1.165) is 35.2 Å². The second-order valence-electron chi connectivity index (χ2n) is 8.33. The van der Waals surface area contributed by atoms with E-state index in [9.17, 15) is 4.79 Å². The van der Waals surface area contributed by atoms with Crippen molar-refractivity contribution in [1.82, 2.24) is 9.61 Å². The van der Waals surface area contributed by atoms with Crippen molar-refractivity contribution in [3.63, 3.8) is 0 Å². The third kappa shape index (κ3) is 3.04. The molecule has 0 saturated heterocycles. The lowest BCUT2D eigenvalue weighted by molar-refractivity contribution is 0.100. The van der Waals surface area contributed by atoms with Gasteiger partial charge in [-0.15, -0.1) is 0 Å². The van der Waals surface area contributed by atoms with Crippen LogP contribution in [0.2, 0.25) is 5.02 Å². The Morgan fingerprint density at radius 2 is 2.07 bits per heavy atom. The van der Waals surface area contributed by atoms with Crippen LogP contribution in [0.25, 0.3) is 16.6 Å². The molecule has 2 atom stereocenters. The third-order valence-corrected chi connectivity index (χ3v) is 6.79. The van der Waals surface area contributed by atoms with Crippen LogP contribution < -0.4 is 11.1 Å². The lowest BCUT2D eigenvalue weighted by atomic mass is 9.80. The average Bonchev–Trinajstić information content (AvgIpc) is 3.18. The van der Waals surface area contributed by atoms with Gasteiger partial charge in [-0.25, -0.2) is 4.52 Å². The predicted molar refractivity (Wildman–Crippen MR) is 114 cm³/mol. The number of rotatable bonds is 4. The molecular formula is C22H25ClN4O. The van der Waals surface area contributed by atoms with Gasteiger partial charge >= 0.3 is 0 Å². The zero-order valence-corrected chi connectivity index (χ0v) is 17.1. The number of hydrogen-bond donors (Lipinski definition) is 2. The average molecular weight is 397 g/mol. The number of aromatic nitrogens is 2. The number of halogens is 1. The van der Waals surface area contributed by atoms with Crippen molar-refractivity contribution in [2.45, 2.75) is 39.7 Å². The number of nitrogens with one attached hydrogen (secondary N) is 1. The van der Waals surface area contributed by atoms with Crippen molar-refractivity contribution in [2.24, 2.45) is 17.1 Å². The van der Waals surface area contributed by atoms with Gasteiger partial charge in [0.2, 0.25) is 0 Å². The highest BCUT2D eigenvalue weighted by atomic mass is 35.5. The predicted octanol–water partition coefficient (Wildman–Crippen LogP) is 4.99. The molecule has 2 heterocycles. The summed E-state index contributed by atoms with van der Waals surface area (Å²) in [5.74, 6) is 0.118. The summed E-state index contributed by atoms with van der Waals surface area (Å²) in [5.41, 5.74) is 9.63. The number of nitrogens with two attached hydrogens (primary N) is 1. The number of carbonyl (C=O) groups is 1. The van der Waals surface area contributed by atoms with Crippen molar-refractivity contribution >= 4 is 28.7 Å². The summed E-state index contributed by atoms with van der Waals surface area (Å²) >= 11 is 6.38. The molecule has 1 aliphatic carbocycles. The fraction of sp³-hybridized carbons (Fsp3) is 0.364. The Labute approximate surface area is 169 Å². The van der Waals surface area contributed by atoms with E-state index in [-0.39, 0.29) is 11.5 Å². The van der Waals surface area contributed by atoms with Crippen LogP contribution in [0, 0.1) is 11.3 Å². The molecule has 1 unspecified atom stereocenters. The van der Waals surface area contributed by atoms with E-state index in [0.29, 0.717) is 16.5 Å². The summed E-state index contributed by atoms with van der Waals surface area (Å²) in [6.07, 6.45) is 5.68. The summed E-state index contributed by atoms with van der Waals surface area (Å²) in [7, 11) is 0. The van der Waals surface area contributed by atoms with Gasteiger partial charge in [0.1, 0.15) is 0 Å². The van der Waals surface area contributed by atoms with Crippen LogP contribution in [0.4, 0.5) is 5.69 Å². The summed E-state index contributed by atoms with van der Waals surface area (Å²) in [6, 6.07) is 9.96. The molecule has 1 fully saturated rings. The van der Waals surface area contributed by atoms with Crippen LogP contribution in [0.15, 0.2) is 42.7 Å². The van der Waals surface area contributed by atoms with Crippen molar-refractivity contribution in [1.29, 1.82) is 0 Å². The van der Waals surface area contributed by atoms with Crippen molar-refractivity contribution in [2.75, 3.05) is 5.32 Å². The molecule has 3 aromatic rings. The molecule has 0 radical (unpaired) electrons. The Morgan fingerprint density at radius 3 is 2.71 bits per heavy atom. The fourth-order valence-electron chi connectivity index (χ4n) is 4.17. The van der Waals surface area contributed by atoms with Gasteiger partial charge in [-0.2, -0.15) is 5.10 Å². The number of benzene rings is 1. The highest BCUT2D eigenvalue weighted by Crippen LogP contribution is 2.44. The molecule has 28 heavy (non-hydrogen) atoms. The first-order valence-electron chi connectivity index (χ1n) is 9.61. The van der Waals surface area contributed by atoms with E-state index in [1.165, 1.54) is 0 Å². The van der Waals surface area contributed by atoms with Crippen molar-refractivity contribution < 1.29 is 4.79 Å². The van der Waals surface area contributed by atoms with Crippen LogP contribution in [-0.2, 0) is 0 Å². The topological polar surface area (TPSA) is 72.4 Å². The Morgan fingerprint density at radius 1 is 1.32 bits per heavy atom. The SMILES string of the molecule is CC1CC[C@@H](Nc2c(C(N)=O)cnn3cc(-c4ccccc4Cl)cc23)C1(C)C. The first kappa shape index (κ1) is 18.8. The number of nitrogens with zero attached hydrogens (tertiary/aromatic N) is 2. The quantitative estimate of drug-likeness (QED) is 0.652. The van der Waals surface area contributed by atoms with E-state index in [1.807, 2.05) is 36.5 Å². The minimum absolute atomic E-state index is 0.118. The van der Waals surface area contributed by atoms with Crippen LogP contribution >= 0.6 is 11.6 Å². The maximum Gasteiger partial charge on any atom is 0.252 e. The monoisotopic (exact) mass is 396 g/mol. The molecule has 1 aromatic carbocycles. The van der Waals surface area contributed by atoms with Gasteiger partial charge in [0, 0.05) is 28.4 Å². The first-order chi connectivity index (χ1) is 13.3. The summed E-state index contributed by atoms with van der Waals surface area (Å²) in [5, 5.41) is 8.71. The van der Waals surface area contributed by atoms with E-state index in [1.54, 1.807) is 10.7 Å². The number of amides is 1. The van der Waals surface area contributed by atoms with E-state index >= 15 is 0 Å². The number of primary amides is 1. The molecule has 6 heteroatoms. The Hall–Kier alpha value is -2.53. The third-order valence-electron chi connectivity index (χ3n) is 6.46. The van der Waals surface area contributed by atoms with E-state index in [2.05, 4.69) is 31.2 Å². The van der Waals surface area contributed by atoms with Crippen LogP contribution in [0.1, 0.15) is 44.0 Å². The van der Waals surface area contributed by atoms with Crippen LogP contribution in [0.3, 0.4) is 0 Å². The fourth-order valence-corrected chi connectivity index (χ4v) is 4.42. The van der Waals surface area contributed by atoms with Gasteiger partial charge in [-0.05, 0) is 36.3 Å². The Bertz CT molecular complexity index is 1060. The highest BCUT2D eigenvalue weighted by Gasteiger charge is 2.41. The first-order valence-corrected chi connectivity index (χ1v) is 9.99. The second-order valence-corrected chi connectivity index (χ2v) is 8.74. The van der Waals surface area contributed by atoms with Crippen molar-refractivity contribution in [3.05, 3.63) is 53.3 Å². The molecular weight excluding hydrogens is 372 g/mol. The minimum atomic E-state index is -0.484. The molecule has 146 valence electrons. The lowest BCUT2D eigenvalue weighted by Crippen LogP contribution is -2.35. The number of anilines is 1. The molecule has 5 nitrogen and oxygen atoms in total. The molecule has 0 bridgehead atoms. The Balaban J connectivity index is 1.84. The molecule has 1 saturated carbocycles. The maximum absolute atomic E-state index is 12.1. The van der Waals surface area contributed by atoms with Crippen molar-refractivity contribution in [3.8, 4) is 11.1 Å². The van der Waals surface area contributed by atoms with E-state index in [4.69, 9.17) is 17.3 Å². The number of carbonyl (C=O) groups excluding carboxylic acids is 1. The number of hydrogen-bond acceptors (Lipinski definition) is 3.